The van der Waals surface area contributed by atoms with Crippen LogP contribution in [-0.2, 0) is 29.7 Å². The lowest BCUT2D eigenvalue weighted by molar-refractivity contribution is -0.133. The van der Waals surface area contributed by atoms with Crippen molar-refractivity contribution < 1.29 is 14.3 Å². The number of hydrogen-bond acceptors (Lipinski definition) is 7. The number of aromatic nitrogens is 3. The highest BCUT2D eigenvalue weighted by molar-refractivity contribution is 6.39. The highest BCUT2D eigenvalue weighted by Crippen LogP contribution is 2.42. The van der Waals surface area contributed by atoms with E-state index in [4.69, 9.17) is 32.9 Å². The maximum atomic E-state index is 11.5. The van der Waals surface area contributed by atoms with Gasteiger partial charge in [0, 0.05) is 116 Å². The van der Waals surface area contributed by atoms with Gasteiger partial charge in [-0.25, -0.2) is 4.98 Å². The molecule has 3 aromatic heterocycles. The second-order valence-corrected chi connectivity index (χ2v) is 13.7. The van der Waals surface area contributed by atoms with Crippen LogP contribution in [0.25, 0.3) is 44.5 Å². The number of methoxy groups -OCH3 is 1. The third-order valence-corrected chi connectivity index (χ3v) is 10.4. The highest BCUT2D eigenvalue weighted by Gasteiger charge is 2.28. The first-order valence-corrected chi connectivity index (χ1v) is 17.5. The molecule has 10 nitrogen and oxygen atoms in total. The van der Waals surface area contributed by atoms with Gasteiger partial charge in [-0.2, -0.15) is 0 Å². The summed E-state index contributed by atoms with van der Waals surface area (Å²) >= 11 is 14.2. The predicted molar refractivity (Wildman–Crippen MR) is 197 cm³/mol. The molecule has 50 heavy (non-hydrogen) atoms. The van der Waals surface area contributed by atoms with Gasteiger partial charge in [0.25, 0.3) is 0 Å². The number of fused-ring (bicyclic) bond motifs is 1. The molecule has 258 valence electrons. The molecule has 5 heterocycles. The predicted octanol–water partition coefficient (Wildman–Crippen LogP) is 5.97. The molecule has 12 heteroatoms. The number of carbonyl (C=O) groups excluding carboxylic acids is 2. The molecular formula is C38H39Cl2N7O3. The zero-order valence-corrected chi connectivity index (χ0v) is 29.7. The lowest BCUT2D eigenvalue weighted by atomic mass is 9.99. The summed E-state index contributed by atoms with van der Waals surface area (Å²) in [5, 5.41) is 12.1. The summed E-state index contributed by atoms with van der Waals surface area (Å²) in [6, 6.07) is 18.4. The number of carbonyl (C=O) groups is 2. The van der Waals surface area contributed by atoms with Crippen molar-refractivity contribution in [1.29, 1.82) is 0 Å². The summed E-state index contributed by atoms with van der Waals surface area (Å²) < 4.78 is 7.78. The van der Waals surface area contributed by atoms with Crippen molar-refractivity contribution in [2.75, 3.05) is 26.7 Å². The quantitative estimate of drug-likeness (QED) is 0.155. The van der Waals surface area contributed by atoms with E-state index in [1.807, 2.05) is 48.3 Å². The molecule has 2 aliphatic rings. The topological polar surface area (TPSA) is 113 Å². The average molecular weight is 713 g/mol. The molecule has 7 rings (SSSR count). The van der Waals surface area contributed by atoms with Gasteiger partial charge in [0.05, 0.1) is 28.5 Å². The fraction of sp³-hybridized carbons (Fsp3) is 0.316. The summed E-state index contributed by atoms with van der Waals surface area (Å²) in [4.78, 5) is 34.4. The molecule has 0 saturated carbocycles. The Bertz CT molecular complexity index is 2090. The SMILES string of the molecule is COc1nc(-c2cccc(-c3ccnc(-c4ccc5c(CNC6CN(C(C)=O)C6)cn(C)c5c4)c3Cl)c2Cl)ccc1CNC[C@@H]1CCC(=O)N1. The van der Waals surface area contributed by atoms with Crippen molar-refractivity contribution in [3.05, 3.63) is 88.2 Å². The zero-order valence-electron chi connectivity index (χ0n) is 28.2. The van der Waals surface area contributed by atoms with Crippen LogP contribution < -0.4 is 20.7 Å². The van der Waals surface area contributed by atoms with Crippen molar-refractivity contribution in [2.45, 2.75) is 44.9 Å². The van der Waals surface area contributed by atoms with Crippen LogP contribution in [0.1, 0.15) is 30.9 Å². The van der Waals surface area contributed by atoms with E-state index >= 15 is 0 Å². The van der Waals surface area contributed by atoms with Crippen LogP contribution in [0.2, 0.25) is 10.0 Å². The molecule has 2 aromatic carbocycles. The Morgan fingerprint density at radius 3 is 2.58 bits per heavy atom. The maximum absolute atomic E-state index is 11.5. The smallest absolute Gasteiger partial charge is 0.220 e. The Labute approximate surface area is 301 Å². The average Bonchev–Trinajstić information content (AvgIpc) is 3.65. The molecule has 0 unspecified atom stereocenters. The number of likely N-dealkylation sites (tertiary alicyclic amines) is 1. The molecule has 2 amide bonds. The summed E-state index contributed by atoms with van der Waals surface area (Å²) in [6.07, 6.45) is 5.31. The minimum absolute atomic E-state index is 0.102. The number of nitrogens with zero attached hydrogens (tertiary/aromatic N) is 4. The van der Waals surface area contributed by atoms with Crippen molar-refractivity contribution in [3.8, 4) is 39.5 Å². The Morgan fingerprint density at radius 2 is 1.82 bits per heavy atom. The van der Waals surface area contributed by atoms with Crippen LogP contribution >= 0.6 is 23.2 Å². The van der Waals surface area contributed by atoms with Gasteiger partial charge in [0.15, 0.2) is 0 Å². The van der Waals surface area contributed by atoms with Crippen LogP contribution in [0.5, 0.6) is 5.88 Å². The van der Waals surface area contributed by atoms with Crippen LogP contribution in [0.3, 0.4) is 0 Å². The minimum Gasteiger partial charge on any atom is -0.481 e. The standard InChI is InChI=1S/C38H39Cl2N7O3/c1-22(48)47-20-27(21-47)43-17-25-19-46(2)33-15-23(7-10-28(25)33)37-36(40)30(13-14-42-37)29-5-4-6-31(35(29)39)32-11-8-24(38(45-32)50-3)16-41-18-26-9-12-34(49)44-26/h4-8,10-11,13-15,19,26-27,41,43H,9,12,16-18,20-21H2,1-3H3,(H,44,49)/t26-/m0/s1. The first-order chi connectivity index (χ1) is 24.2. The number of ether oxygens (including phenoxy) is 1. The maximum Gasteiger partial charge on any atom is 0.220 e. The molecule has 0 radical (unpaired) electrons. The fourth-order valence-electron chi connectivity index (χ4n) is 6.81. The molecule has 2 aliphatic heterocycles. The molecule has 2 saturated heterocycles. The summed E-state index contributed by atoms with van der Waals surface area (Å²) in [6.45, 7) is 5.06. The van der Waals surface area contributed by atoms with Gasteiger partial charge in [0.2, 0.25) is 17.7 Å². The van der Waals surface area contributed by atoms with Crippen molar-refractivity contribution in [2.24, 2.45) is 7.05 Å². The van der Waals surface area contributed by atoms with E-state index in [0.29, 0.717) is 52.9 Å². The summed E-state index contributed by atoms with van der Waals surface area (Å²) in [5.41, 5.74) is 7.73. The molecule has 0 spiro atoms. The third kappa shape index (κ3) is 6.81. The number of benzene rings is 2. The number of aryl methyl sites for hydroxylation is 1. The lowest BCUT2D eigenvalue weighted by Gasteiger charge is -2.39. The van der Waals surface area contributed by atoms with Gasteiger partial charge >= 0.3 is 0 Å². The van der Waals surface area contributed by atoms with E-state index in [-0.39, 0.29) is 17.9 Å². The molecule has 3 N–H and O–H groups in total. The second kappa shape index (κ2) is 14.4. The molecule has 5 aromatic rings. The van der Waals surface area contributed by atoms with Crippen molar-refractivity contribution >= 4 is 45.9 Å². The number of amides is 2. The largest absolute Gasteiger partial charge is 0.481 e. The summed E-state index contributed by atoms with van der Waals surface area (Å²) in [7, 11) is 3.64. The minimum atomic E-state index is 0.102. The van der Waals surface area contributed by atoms with Gasteiger partial charge in [-0.05, 0) is 30.2 Å². The van der Waals surface area contributed by atoms with Crippen LogP contribution in [-0.4, -0.2) is 70.1 Å². The fourth-order valence-corrected chi connectivity index (χ4v) is 7.46. The summed E-state index contributed by atoms with van der Waals surface area (Å²) in [5.74, 6) is 0.728. The lowest BCUT2D eigenvalue weighted by Crippen LogP contribution is -2.59. The van der Waals surface area contributed by atoms with Gasteiger partial charge in [-0.15, -0.1) is 0 Å². The first-order valence-electron chi connectivity index (χ1n) is 16.7. The number of pyridine rings is 2. The second-order valence-electron chi connectivity index (χ2n) is 13.0. The Morgan fingerprint density at radius 1 is 1.02 bits per heavy atom. The van der Waals surface area contributed by atoms with E-state index in [1.54, 1.807) is 20.2 Å². The molecule has 1 atom stereocenters. The number of nitrogens with one attached hydrogen (secondary N) is 3. The van der Waals surface area contributed by atoms with Gasteiger partial charge < -0.3 is 30.2 Å². The van der Waals surface area contributed by atoms with E-state index in [0.717, 1.165) is 64.8 Å². The first kappa shape index (κ1) is 34.0. The Hall–Kier alpha value is -4.48. The van der Waals surface area contributed by atoms with E-state index in [2.05, 4.69) is 49.9 Å². The number of rotatable bonds is 11. The van der Waals surface area contributed by atoms with E-state index < -0.39 is 0 Å². The molecular weight excluding hydrogens is 673 g/mol. The Balaban J connectivity index is 1.11. The van der Waals surface area contributed by atoms with Gasteiger partial charge in [0.1, 0.15) is 0 Å². The number of hydrogen-bond donors (Lipinski definition) is 3. The molecule has 2 fully saturated rings. The molecule has 0 aliphatic carbocycles. The monoisotopic (exact) mass is 711 g/mol. The number of halogens is 2. The van der Waals surface area contributed by atoms with Crippen LogP contribution in [0, 0.1) is 0 Å². The zero-order chi connectivity index (χ0) is 34.9. The van der Waals surface area contributed by atoms with Crippen molar-refractivity contribution in [1.82, 2.24) is 35.4 Å². The van der Waals surface area contributed by atoms with Gasteiger partial charge in [-0.1, -0.05) is 59.6 Å². The Kier molecular flexibility index (Phi) is 9.79. The van der Waals surface area contributed by atoms with E-state index in [1.165, 1.54) is 5.56 Å². The van der Waals surface area contributed by atoms with Gasteiger partial charge in [-0.3, -0.25) is 14.6 Å². The third-order valence-electron chi connectivity index (χ3n) is 9.63. The van der Waals surface area contributed by atoms with Crippen LogP contribution in [0.4, 0.5) is 0 Å². The normalized spacial score (nSPS) is 16.1. The van der Waals surface area contributed by atoms with E-state index in [9.17, 15) is 9.59 Å². The highest BCUT2D eigenvalue weighted by atomic mass is 35.5. The van der Waals surface area contributed by atoms with Crippen LogP contribution in [0.15, 0.2) is 67.0 Å². The molecule has 0 bridgehead atoms. The van der Waals surface area contributed by atoms with Crippen molar-refractivity contribution in [3.63, 3.8) is 0 Å².